The third-order valence-electron chi connectivity index (χ3n) is 3.23. The van der Waals surface area contributed by atoms with Crippen LogP contribution in [0.3, 0.4) is 0 Å². The van der Waals surface area contributed by atoms with Gasteiger partial charge in [0, 0.05) is 6.07 Å². The molecule has 0 aliphatic heterocycles. The van der Waals surface area contributed by atoms with Gasteiger partial charge in [-0.05, 0) is 12.1 Å². The molecular weight excluding hydrogens is 374 g/mol. The van der Waals surface area contributed by atoms with Crippen molar-refractivity contribution < 1.29 is 32.1 Å². The van der Waals surface area contributed by atoms with Crippen LogP contribution in [-0.2, 0) is 13.2 Å². The van der Waals surface area contributed by atoms with Crippen LogP contribution in [0.5, 0.6) is 11.8 Å². The first-order valence-electron chi connectivity index (χ1n) is 7.37. The lowest BCUT2D eigenvalue weighted by Gasteiger charge is -2.07. The molecule has 0 atom stereocenters. The van der Waals surface area contributed by atoms with Gasteiger partial charge >= 0.3 is 12.6 Å². The Hall–Kier alpha value is -3.28. The Bertz CT molecular complexity index is 938. The molecule has 1 aromatic carbocycles. The third-order valence-corrected chi connectivity index (χ3v) is 3.23. The van der Waals surface area contributed by atoms with Crippen LogP contribution in [-0.4, -0.2) is 36.7 Å². The first kappa shape index (κ1) is 18.5. The average molecular weight is 385 g/mol. The van der Waals surface area contributed by atoms with E-state index in [-0.39, 0.29) is 24.0 Å². The highest BCUT2D eigenvalue weighted by atomic mass is 19.3. The van der Waals surface area contributed by atoms with Gasteiger partial charge in [0.15, 0.2) is 17.4 Å². The number of halogens is 4. The second kappa shape index (κ2) is 7.95. The molecular formula is C15H11F4N5O3. The summed E-state index contributed by atoms with van der Waals surface area (Å²) in [5.74, 6) is -2.35. The molecule has 12 heteroatoms. The van der Waals surface area contributed by atoms with Gasteiger partial charge in [0.1, 0.15) is 18.0 Å². The van der Waals surface area contributed by atoms with Crippen molar-refractivity contribution in [3.05, 3.63) is 53.6 Å². The summed E-state index contributed by atoms with van der Waals surface area (Å²) in [6.07, 6.45) is 2.25. The maximum absolute atomic E-state index is 13.5. The van der Waals surface area contributed by atoms with Crippen LogP contribution in [0.4, 0.5) is 17.6 Å². The first-order chi connectivity index (χ1) is 13.0. The van der Waals surface area contributed by atoms with Crippen molar-refractivity contribution in [3.63, 3.8) is 0 Å². The van der Waals surface area contributed by atoms with Crippen molar-refractivity contribution in [1.82, 2.24) is 25.0 Å². The van der Waals surface area contributed by atoms with E-state index in [0.29, 0.717) is 5.69 Å². The van der Waals surface area contributed by atoms with Crippen LogP contribution in [0, 0.1) is 11.6 Å². The minimum absolute atomic E-state index is 0.141. The van der Waals surface area contributed by atoms with Crippen molar-refractivity contribution >= 4 is 0 Å². The smallest absolute Gasteiger partial charge is 0.387 e. The monoisotopic (exact) mass is 385 g/mol. The SMILES string of the molecule is OCc1nc(OCc2cn(-c3ccc(F)c(OC(F)F)c3)nn2)ncc1F. The normalized spacial score (nSPS) is 11.0. The van der Waals surface area contributed by atoms with E-state index >= 15 is 0 Å². The summed E-state index contributed by atoms with van der Waals surface area (Å²) < 4.78 is 61.8. The van der Waals surface area contributed by atoms with Gasteiger partial charge in [0.05, 0.1) is 24.7 Å². The highest BCUT2D eigenvalue weighted by molar-refractivity contribution is 5.39. The van der Waals surface area contributed by atoms with Crippen LogP contribution in [0.25, 0.3) is 5.69 Å². The number of ether oxygens (including phenoxy) is 2. The maximum atomic E-state index is 13.5. The summed E-state index contributed by atoms with van der Waals surface area (Å²) in [7, 11) is 0. The van der Waals surface area contributed by atoms with E-state index in [1.165, 1.54) is 16.9 Å². The lowest BCUT2D eigenvalue weighted by Crippen LogP contribution is -2.05. The number of aliphatic hydroxyl groups excluding tert-OH is 1. The van der Waals surface area contributed by atoms with Gasteiger partial charge in [-0.2, -0.15) is 13.8 Å². The largest absolute Gasteiger partial charge is 0.457 e. The Labute approximate surface area is 149 Å². The molecule has 3 rings (SSSR count). The number of aromatic nitrogens is 5. The quantitative estimate of drug-likeness (QED) is 0.622. The van der Waals surface area contributed by atoms with E-state index in [9.17, 15) is 17.6 Å². The van der Waals surface area contributed by atoms with Crippen LogP contribution in [0.1, 0.15) is 11.4 Å². The first-order valence-corrected chi connectivity index (χ1v) is 7.37. The Balaban J connectivity index is 1.72. The van der Waals surface area contributed by atoms with Gasteiger partial charge < -0.3 is 14.6 Å². The molecule has 1 N–H and O–H groups in total. The molecule has 0 saturated carbocycles. The van der Waals surface area contributed by atoms with Crippen LogP contribution < -0.4 is 9.47 Å². The molecule has 0 fully saturated rings. The third kappa shape index (κ3) is 4.47. The second-order valence-electron chi connectivity index (χ2n) is 5.04. The van der Waals surface area contributed by atoms with Gasteiger partial charge in [-0.25, -0.2) is 18.4 Å². The molecule has 0 bridgehead atoms. The van der Waals surface area contributed by atoms with Crippen molar-refractivity contribution in [2.75, 3.05) is 0 Å². The molecule has 0 saturated heterocycles. The Morgan fingerprint density at radius 2 is 2.00 bits per heavy atom. The highest BCUT2D eigenvalue weighted by Crippen LogP contribution is 2.22. The average Bonchev–Trinajstić information content (AvgIpc) is 3.11. The Kier molecular flexibility index (Phi) is 5.45. The summed E-state index contributed by atoms with van der Waals surface area (Å²) in [6, 6.07) is 3.11. The number of hydrogen-bond donors (Lipinski definition) is 1. The van der Waals surface area contributed by atoms with E-state index in [2.05, 4.69) is 25.0 Å². The van der Waals surface area contributed by atoms with Gasteiger partial charge in [0.2, 0.25) is 0 Å². The predicted molar refractivity (Wildman–Crippen MR) is 80.2 cm³/mol. The molecule has 2 heterocycles. The van der Waals surface area contributed by atoms with Crippen molar-refractivity contribution in [3.8, 4) is 17.4 Å². The number of nitrogens with zero attached hydrogens (tertiary/aromatic N) is 5. The minimum atomic E-state index is -3.17. The summed E-state index contributed by atoms with van der Waals surface area (Å²) in [6.45, 7) is -3.93. The number of benzene rings is 1. The van der Waals surface area contributed by atoms with E-state index in [0.717, 1.165) is 18.3 Å². The minimum Gasteiger partial charge on any atom is -0.457 e. The molecule has 0 aliphatic rings. The molecule has 0 unspecified atom stereocenters. The summed E-state index contributed by atoms with van der Waals surface area (Å²) >= 11 is 0. The van der Waals surface area contributed by atoms with E-state index in [1.54, 1.807) is 0 Å². The fourth-order valence-electron chi connectivity index (χ4n) is 2.01. The van der Waals surface area contributed by atoms with E-state index in [1.807, 2.05) is 0 Å². The number of hydrogen-bond acceptors (Lipinski definition) is 7. The fraction of sp³-hybridized carbons (Fsp3) is 0.200. The van der Waals surface area contributed by atoms with Gasteiger partial charge in [-0.1, -0.05) is 5.21 Å². The Morgan fingerprint density at radius 3 is 2.74 bits per heavy atom. The van der Waals surface area contributed by atoms with Crippen LogP contribution >= 0.6 is 0 Å². The number of aliphatic hydroxyl groups is 1. The summed E-state index contributed by atoms with van der Waals surface area (Å²) in [4.78, 5) is 7.29. The topological polar surface area (TPSA) is 95.2 Å². The Morgan fingerprint density at radius 1 is 1.19 bits per heavy atom. The van der Waals surface area contributed by atoms with Crippen molar-refractivity contribution in [2.45, 2.75) is 19.8 Å². The van der Waals surface area contributed by atoms with Crippen molar-refractivity contribution in [1.29, 1.82) is 0 Å². The number of rotatable bonds is 7. The van der Waals surface area contributed by atoms with Crippen LogP contribution in [0.2, 0.25) is 0 Å². The zero-order valence-corrected chi connectivity index (χ0v) is 13.4. The molecule has 8 nitrogen and oxygen atoms in total. The molecule has 0 spiro atoms. The lowest BCUT2D eigenvalue weighted by atomic mass is 10.3. The molecule has 142 valence electrons. The van der Waals surface area contributed by atoms with E-state index < -0.39 is 30.6 Å². The lowest BCUT2D eigenvalue weighted by molar-refractivity contribution is -0.0521. The number of alkyl halides is 2. The second-order valence-corrected chi connectivity index (χ2v) is 5.04. The molecule has 2 aromatic heterocycles. The maximum Gasteiger partial charge on any atom is 0.387 e. The molecule has 0 aliphatic carbocycles. The van der Waals surface area contributed by atoms with E-state index in [4.69, 9.17) is 9.84 Å². The van der Waals surface area contributed by atoms with Gasteiger partial charge in [0.25, 0.3) is 0 Å². The summed E-state index contributed by atoms with van der Waals surface area (Å²) in [5, 5.41) is 16.5. The molecule has 0 radical (unpaired) electrons. The van der Waals surface area contributed by atoms with Gasteiger partial charge in [-0.15, -0.1) is 5.10 Å². The van der Waals surface area contributed by atoms with Gasteiger partial charge in [-0.3, -0.25) is 0 Å². The zero-order chi connectivity index (χ0) is 19.4. The fourth-order valence-corrected chi connectivity index (χ4v) is 2.01. The molecule has 0 amide bonds. The predicted octanol–water partition coefficient (Wildman–Crippen LogP) is 2.01. The highest BCUT2D eigenvalue weighted by Gasteiger charge is 2.13. The van der Waals surface area contributed by atoms with Crippen LogP contribution in [0.15, 0.2) is 30.6 Å². The summed E-state index contributed by atoms with van der Waals surface area (Å²) in [5.41, 5.74) is 0.307. The molecule has 27 heavy (non-hydrogen) atoms. The standard InChI is InChI=1S/C15H11F4N5O3/c16-10-2-1-9(3-13(10)27-14(18)19)24-5-8(22-23-24)7-26-15-20-4-11(17)12(6-25)21-15/h1-5,14,25H,6-7H2. The molecule has 3 aromatic rings. The van der Waals surface area contributed by atoms with Crippen molar-refractivity contribution in [2.24, 2.45) is 0 Å². The zero-order valence-electron chi connectivity index (χ0n) is 13.4.